The molecule has 0 radical (unpaired) electrons. The number of hydrogen-bond donors (Lipinski definition) is 1. The number of nitrogens with zero attached hydrogens (tertiary/aromatic N) is 2. The van der Waals surface area contributed by atoms with Gasteiger partial charge in [-0.25, -0.2) is 4.98 Å². The Morgan fingerprint density at radius 2 is 2.16 bits per heavy atom. The molecule has 0 fully saturated rings. The minimum Gasteiger partial charge on any atom is -0.350 e. The highest BCUT2D eigenvalue weighted by atomic mass is 32.2. The zero-order valence-corrected chi connectivity index (χ0v) is 16.2. The van der Waals surface area contributed by atoms with E-state index in [2.05, 4.69) is 40.8 Å². The van der Waals surface area contributed by atoms with Crippen molar-refractivity contribution < 1.29 is 4.79 Å². The molecule has 3 aromatic rings. The van der Waals surface area contributed by atoms with Crippen LogP contribution in [-0.2, 0) is 11.3 Å². The van der Waals surface area contributed by atoms with Crippen molar-refractivity contribution in [2.45, 2.75) is 37.7 Å². The van der Waals surface area contributed by atoms with Gasteiger partial charge in [0.05, 0.1) is 17.5 Å². The second kappa shape index (κ2) is 7.89. The number of aryl methyl sites for hydroxylation is 1. The summed E-state index contributed by atoms with van der Waals surface area (Å²) in [6.45, 7) is 6.70. The van der Waals surface area contributed by atoms with Gasteiger partial charge < -0.3 is 5.32 Å². The van der Waals surface area contributed by atoms with E-state index in [9.17, 15) is 4.79 Å². The Hall–Kier alpha value is -2.05. The Balaban J connectivity index is 1.70. The number of nitrogens with one attached hydrogen (secondary N) is 1. The van der Waals surface area contributed by atoms with E-state index < -0.39 is 0 Å². The summed E-state index contributed by atoms with van der Waals surface area (Å²) in [4.78, 5) is 18.0. The number of hydrogen-bond acceptors (Lipinski definition) is 4. The van der Waals surface area contributed by atoms with Gasteiger partial charge in [0.25, 0.3) is 0 Å². The molecule has 1 N–H and O–H groups in total. The first kappa shape index (κ1) is 17.8. The van der Waals surface area contributed by atoms with E-state index in [4.69, 9.17) is 0 Å². The average Bonchev–Trinajstić information content (AvgIpc) is 3.27. The topological polar surface area (TPSA) is 46.9 Å². The van der Waals surface area contributed by atoms with Gasteiger partial charge in [0.15, 0.2) is 5.16 Å². The highest BCUT2D eigenvalue weighted by molar-refractivity contribution is 8.00. The summed E-state index contributed by atoms with van der Waals surface area (Å²) in [6, 6.07) is 10.2. The third-order valence-electron chi connectivity index (χ3n) is 4.11. The molecule has 0 spiro atoms. The maximum absolute atomic E-state index is 12.4. The highest BCUT2D eigenvalue weighted by Gasteiger charge is 2.18. The van der Waals surface area contributed by atoms with Crippen LogP contribution in [0, 0.1) is 13.8 Å². The largest absolute Gasteiger partial charge is 0.350 e. The number of carbonyl (C=O) groups excluding carboxylic acids is 1. The zero-order valence-electron chi connectivity index (χ0n) is 14.5. The summed E-state index contributed by atoms with van der Waals surface area (Å²) in [5, 5.41) is 5.62. The van der Waals surface area contributed by atoms with Gasteiger partial charge in [-0.15, -0.1) is 11.3 Å². The van der Waals surface area contributed by atoms with E-state index in [0.717, 1.165) is 15.7 Å². The van der Waals surface area contributed by atoms with Crippen molar-refractivity contribution in [2.75, 3.05) is 0 Å². The van der Waals surface area contributed by atoms with Crippen LogP contribution in [0.15, 0.2) is 53.3 Å². The maximum atomic E-state index is 12.4. The molecule has 1 aromatic carbocycles. The number of carbonyl (C=O) groups is 1. The molecule has 2 heterocycles. The minimum atomic E-state index is -0.216. The minimum absolute atomic E-state index is 0.0221. The van der Waals surface area contributed by atoms with Crippen LogP contribution in [0.2, 0.25) is 0 Å². The lowest BCUT2D eigenvalue weighted by molar-refractivity contribution is -0.120. The molecule has 0 aliphatic rings. The number of benzene rings is 1. The van der Waals surface area contributed by atoms with Crippen molar-refractivity contribution in [2.24, 2.45) is 0 Å². The third kappa shape index (κ3) is 4.14. The highest BCUT2D eigenvalue weighted by Crippen LogP contribution is 2.27. The number of thiophene rings is 1. The molecule has 130 valence electrons. The first-order chi connectivity index (χ1) is 12.1. The molecule has 0 aliphatic heterocycles. The van der Waals surface area contributed by atoms with Crippen LogP contribution in [0.25, 0.3) is 5.69 Å². The van der Waals surface area contributed by atoms with Gasteiger partial charge in [0.2, 0.25) is 5.91 Å². The Kier molecular flexibility index (Phi) is 5.60. The number of aromatic nitrogens is 2. The zero-order chi connectivity index (χ0) is 17.8. The van der Waals surface area contributed by atoms with E-state index in [1.165, 1.54) is 22.9 Å². The summed E-state index contributed by atoms with van der Waals surface area (Å²) in [6.07, 6.45) is 3.72. The molecule has 2 aromatic heterocycles. The first-order valence-electron chi connectivity index (χ1n) is 8.13. The van der Waals surface area contributed by atoms with Gasteiger partial charge in [-0.05, 0) is 49.4 Å². The van der Waals surface area contributed by atoms with Crippen LogP contribution < -0.4 is 5.32 Å². The molecule has 0 saturated carbocycles. The molecule has 3 rings (SSSR count). The average molecular weight is 372 g/mol. The Labute approximate surface area is 156 Å². The predicted octanol–water partition coefficient (Wildman–Crippen LogP) is 4.35. The Morgan fingerprint density at radius 1 is 1.32 bits per heavy atom. The Morgan fingerprint density at radius 3 is 2.92 bits per heavy atom. The summed E-state index contributed by atoms with van der Waals surface area (Å²) in [7, 11) is 0. The lowest BCUT2D eigenvalue weighted by Gasteiger charge is -2.15. The maximum Gasteiger partial charge on any atom is 0.233 e. The van der Waals surface area contributed by atoms with Gasteiger partial charge in [-0.3, -0.25) is 9.36 Å². The van der Waals surface area contributed by atoms with Crippen molar-refractivity contribution in [3.63, 3.8) is 0 Å². The first-order valence-corrected chi connectivity index (χ1v) is 9.89. The molecule has 0 aliphatic carbocycles. The van der Waals surface area contributed by atoms with Crippen molar-refractivity contribution in [1.29, 1.82) is 0 Å². The summed E-state index contributed by atoms with van der Waals surface area (Å²) >= 11 is 3.12. The molecule has 1 atom stereocenters. The van der Waals surface area contributed by atoms with Crippen molar-refractivity contribution in [3.8, 4) is 5.69 Å². The SMILES string of the molecule is Cc1cccc(-n2ccnc2SC(C)C(=O)NCc2cccs2)c1C. The number of rotatable bonds is 6. The quantitative estimate of drug-likeness (QED) is 0.656. The molecule has 4 nitrogen and oxygen atoms in total. The molecular weight excluding hydrogens is 350 g/mol. The smallest absolute Gasteiger partial charge is 0.233 e. The van der Waals surface area contributed by atoms with Crippen molar-refractivity contribution in [3.05, 3.63) is 64.1 Å². The number of thioether (sulfide) groups is 1. The van der Waals surface area contributed by atoms with E-state index in [1.54, 1.807) is 17.5 Å². The van der Waals surface area contributed by atoms with Gasteiger partial charge in [-0.1, -0.05) is 30.0 Å². The van der Waals surface area contributed by atoms with Crippen LogP contribution in [0.3, 0.4) is 0 Å². The molecule has 1 amide bonds. The van der Waals surface area contributed by atoms with Gasteiger partial charge >= 0.3 is 0 Å². The van der Waals surface area contributed by atoms with Gasteiger partial charge in [0.1, 0.15) is 0 Å². The van der Waals surface area contributed by atoms with Crippen LogP contribution in [0.1, 0.15) is 22.9 Å². The summed E-state index contributed by atoms with van der Waals surface area (Å²) < 4.78 is 2.05. The van der Waals surface area contributed by atoms with Crippen LogP contribution >= 0.6 is 23.1 Å². The predicted molar refractivity (Wildman–Crippen MR) is 105 cm³/mol. The Bertz CT molecular complexity index is 855. The molecule has 6 heteroatoms. The summed E-state index contributed by atoms with van der Waals surface area (Å²) in [5.41, 5.74) is 3.56. The fourth-order valence-electron chi connectivity index (χ4n) is 2.50. The molecule has 25 heavy (non-hydrogen) atoms. The fraction of sp³-hybridized carbons (Fsp3) is 0.263. The van der Waals surface area contributed by atoms with Crippen molar-refractivity contribution >= 4 is 29.0 Å². The molecule has 0 bridgehead atoms. The van der Waals surface area contributed by atoms with E-state index in [-0.39, 0.29) is 11.2 Å². The van der Waals surface area contributed by atoms with E-state index >= 15 is 0 Å². The second-order valence-corrected chi connectivity index (χ2v) is 8.20. The summed E-state index contributed by atoms with van der Waals surface area (Å²) in [5.74, 6) is 0.0221. The van der Waals surface area contributed by atoms with Gasteiger partial charge in [-0.2, -0.15) is 0 Å². The molecular formula is C19H21N3OS2. The second-order valence-electron chi connectivity index (χ2n) is 5.86. The molecule has 0 saturated heterocycles. The molecule has 1 unspecified atom stereocenters. The normalized spacial score (nSPS) is 12.1. The van der Waals surface area contributed by atoms with Gasteiger partial charge in [0, 0.05) is 17.3 Å². The van der Waals surface area contributed by atoms with Crippen LogP contribution in [0.5, 0.6) is 0 Å². The number of imidazole rings is 1. The van der Waals surface area contributed by atoms with Crippen LogP contribution in [-0.4, -0.2) is 20.7 Å². The lowest BCUT2D eigenvalue weighted by atomic mass is 10.1. The third-order valence-corrected chi connectivity index (χ3v) is 6.07. The van der Waals surface area contributed by atoms with E-state index in [0.29, 0.717) is 6.54 Å². The standard InChI is InChI=1S/C19H21N3OS2/c1-13-6-4-8-17(14(13)2)22-10-9-20-19(22)25-15(3)18(23)21-12-16-7-5-11-24-16/h4-11,15H,12H2,1-3H3,(H,21,23). The van der Waals surface area contributed by atoms with Crippen LogP contribution in [0.4, 0.5) is 0 Å². The monoisotopic (exact) mass is 371 g/mol. The number of amides is 1. The lowest BCUT2D eigenvalue weighted by Crippen LogP contribution is -2.30. The van der Waals surface area contributed by atoms with Crippen molar-refractivity contribution in [1.82, 2.24) is 14.9 Å². The van der Waals surface area contributed by atoms with E-state index in [1.807, 2.05) is 36.7 Å². The fourth-order valence-corrected chi connectivity index (χ4v) is 4.05.